The Morgan fingerprint density at radius 2 is 1.67 bits per heavy atom. The lowest BCUT2D eigenvalue weighted by Gasteiger charge is -2.31. The highest BCUT2D eigenvalue weighted by Gasteiger charge is 2.43. The molecule has 17 heteroatoms. The van der Waals surface area contributed by atoms with Crippen LogP contribution in [-0.4, -0.2) is 123 Å². The molecular weight excluding hydrogens is 496 g/mol. The molecule has 0 bridgehead atoms. The number of aliphatic hydroxyl groups is 5. The molecule has 0 saturated carbocycles. The van der Waals surface area contributed by atoms with Gasteiger partial charge in [-0.15, -0.1) is 0 Å². The van der Waals surface area contributed by atoms with Crippen LogP contribution in [-0.2, 0) is 28.6 Å². The van der Waals surface area contributed by atoms with E-state index >= 15 is 0 Å². The molecule has 2 fully saturated rings. The summed E-state index contributed by atoms with van der Waals surface area (Å²) in [5.74, 6) is -0.564. The van der Waals surface area contributed by atoms with Crippen LogP contribution in [0.4, 0.5) is 0 Å². The maximum atomic E-state index is 10.4. The molecule has 0 spiro atoms. The van der Waals surface area contributed by atoms with Crippen LogP contribution in [0.25, 0.3) is 0 Å². The maximum absolute atomic E-state index is 10.4. The first-order valence-electron chi connectivity index (χ1n) is 10.1. The zero-order valence-electron chi connectivity index (χ0n) is 19.2. The lowest BCUT2D eigenvalue weighted by atomic mass is 10.0. The highest BCUT2D eigenvalue weighted by molar-refractivity contribution is 6.09. The molecule has 0 aromatic rings. The Bertz CT molecular complexity index is 642. The van der Waals surface area contributed by atoms with E-state index in [0.717, 1.165) is 6.29 Å². The number of hydrogen-bond donors (Lipinski definition) is 5. The average Bonchev–Trinajstić information content (AvgIpc) is 3.18. The Morgan fingerprint density at radius 3 is 1.97 bits per heavy atom. The van der Waals surface area contributed by atoms with Gasteiger partial charge in [-0.25, -0.2) is 0 Å². The molecule has 0 radical (unpaired) electrons. The topological polar surface area (TPSA) is 266 Å². The molecule has 2 aliphatic heterocycles. The van der Waals surface area contributed by atoms with Crippen LogP contribution in [0.2, 0.25) is 0 Å². The quantitative estimate of drug-likeness (QED) is 0.0932. The van der Waals surface area contributed by atoms with Crippen molar-refractivity contribution in [1.29, 1.82) is 0 Å². The fourth-order valence-corrected chi connectivity index (χ4v) is 2.39. The fourth-order valence-electron chi connectivity index (χ4n) is 2.39. The SMILES string of the molecule is C.CC1(C)OC[C@H](C=O)O1.O=CC=O.O=[N+]([O-])C1CC(CO)O[C@H](O)C1O.O=[N+]([O-])CC[C@H](O)CO. The second kappa shape index (κ2) is 20.7. The van der Waals surface area contributed by atoms with Crippen LogP contribution < -0.4 is 0 Å². The van der Waals surface area contributed by atoms with E-state index in [1.54, 1.807) is 13.8 Å². The molecule has 3 unspecified atom stereocenters. The minimum Gasteiger partial charge on any atom is -0.394 e. The van der Waals surface area contributed by atoms with E-state index in [1.807, 2.05) is 0 Å². The van der Waals surface area contributed by atoms with Crippen molar-refractivity contribution < 1.29 is 64.0 Å². The Labute approximate surface area is 206 Å². The highest BCUT2D eigenvalue weighted by Crippen LogP contribution is 2.21. The van der Waals surface area contributed by atoms with Gasteiger partial charge in [0.1, 0.15) is 6.10 Å². The standard InChI is InChI=1S/C6H11NO6.C6H10O3.C4H9NO4.C2H2O2.CH4/c8-2-3-1-4(7(11)12)5(9)6(10)13-3;1-6(2)8-4-5(3-7)9-6;6-3-4(7)1-2-5(8)9;3-1-2-4;/h3-6,8-10H,1-2H2;3,5H,4H2,1-2H3;4,6-7H,1-3H2;1-2H;1H4/t3?,4?,5?,6-;5-;4-;;/m000../s1. The van der Waals surface area contributed by atoms with Crippen LogP contribution in [0.15, 0.2) is 0 Å². The molecule has 2 rings (SSSR count). The monoisotopic (exact) mass is 532 g/mol. The summed E-state index contributed by atoms with van der Waals surface area (Å²) in [6, 6.07) is -1.28. The maximum Gasteiger partial charge on any atom is 0.246 e. The summed E-state index contributed by atoms with van der Waals surface area (Å²) < 4.78 is 14.9. The van der Waals surface area contributed by atoms with E-state index in [0.29, 0.717) is 6.61 Å². The normalized spacial score (nSPS) is 26.5. The lowest BCUT2D eigenvalue weighted by Crippen LogP contribution is -2.52. The average molecular weight is 532 g/mol. The predicted molar refractivity (Wildman–Crippen MR) is 119 cm³/mol. The van der Waals surface area contributed by atoms with Crippen molar-refractivity contribution in [3.05, 3.63) is 20.2 Å². The molecule has 6 atom stereocenters. The first-order chi connectivity index (χ1) is 16.3. The summed E-state index contributed by atoms with van der Waals surface area (Å²) >= 11 is 0. The molecule has 2 aliphatic rings. The van der Waals surface area contributed by atoms with Gasteiger partial charge < -0.3 is 44.5 Å². The Balaban J connectivity index is -0.000000425. The van der Waals surface area contributed by atoms with Gasteiger partial charge in [0.05, 0.1) is 32.0 Å². The summed E-state index contributed by atoms with van der Waals surface area (Å²) in [7, 11) is 0. The van der Waals surface area contributed by atoms with Crippen molar-refractivity contribution in [2.75, 3.05) is 26.4 Å². The fraction of sp³-hybridized carbons (Fsp3) is 0.842. The van der Waals surface area contributed by atoms with Crippen molar-refractivity contribution in [2.24, 2.45) is 0 Å². The van der Waals surface area contributed by atoms with E-state index in [4.69, 9.17) is 44.6 Å². The number of carbonyl (C=O) groups excluding carboxylic acids is 3. The van der Waals surface area contributed by atoms with Crippen molar-refractivity contribution in [1.82, 2.24) is 0 Å². The van der Waals surface area contributed by atoms with E-state index in [-0.39, 0.29) is 45.5 Å². The van der Waals surface area contributed by atoms with E-state index < -0.39 is 59.5 Å². The first-order valence-corrected chi connectivity index (χ1v) is 10.1. The van der Waals surface area contributed by atoms with Crippen molar-refractivity contribution >= 4 is 18.9 Å². The largest absolute Gasteiger partial charge is 0.394 e. The molecule has 0 amide bonds. The van der Waals surface area contributed by atoms with E-state index in [9.17, 15) is 25.0 Å². The van der Waals surface area contributed by atoms with Crippen LogP contribution in [0.3, 0.4) is 0 Å². The molecule has 2 heterocycles. The number of nitrogens with zero attached hydrogens (tertiary/aromatic N) is 2. The number of carbonyl (C=O) groups is 3. The third-order valence-corrected chi connectivity index (χ3v) is 4.09. The molecular formula is C19H36N2O15. The molecule has 2 saturated heterocycles. The highest BCUT2D eigenvalue weighted by atomic mass is 16.7. The Hall–Kier alpha value is -2.51. The molecule has 5 N–H and O–H groups in total. The minimum absolute atomic E-state index is 0. The van der Waals surface area contributed by atoms with Crippen LogP contribution in [0.5, 0.6) is 0 Å². The molecule has 0 aromatic carbocycles. The Morgan fingerprint density at radius 1 is 1.11 bits per heavy atom. The predicted octanol–water partition coefficient (Wildman–Crippen LogP) is -2.54. The van der Waals surface area contributed by atoms with E-state index in [1.165, 1.54) is 0 Å². The third kappa shape index (κ3) is 17.9. The van der Waals surface area contributed by atoms with Crippen molar-refractivity contribution in [3.8, 4) is 0 Å². The molecule has 0 aliphatic carbocycles. The summed E-state index contributed by atoms with van der Waals surface area (Å²) in [4.78, 5) is 46.5. The van der Waals surface area contributed by atoms with E-state index in [2.05, 4.69) is 4.74 Å². The number of hydrogen-bond acceptors (Lipinski definition) is 15. The van der Waals surface area contributed by atoms with Crippen LogP contribution >= 0.6 is 0 Å². The second-order valence-electron chi connectivity index (χ2n) is 7.37. The number of aldehydes is 3. The van der Waals surface area contributed by atoms with Gasteiger partial charge in [0, 0.05) is 22.7 Å². The zero-order valence-corrected chi connectivity index (χ0v) is 19.2. The molecule has 0 aromatic heterocycles. The van der Waals surface area contributed by atoms with Crippen LogP contribution in [0, 0.1) is 20.2 Å². The van der Waals surface area contributed by atoms with Gasteiger partial charge in [0.15, 0.2) is 37.0 Å². The summed E-state index contributed by atoms with van der Waals surface area (Å²) in [6.45, 7) is 2.85. The second-order valence-corrected chi connectivity index (χ2v) is 7.37. The molecule has 17 nitrogen and oxygen atoms in total. The van der Waals surface area contributed by atoms with Gasteiger partial charge >= 0.3 is 0 Å². The van der Waals surface area contributed by atoms with Gasteiger partial charge in [-0.05, 0) is 13.8 Å². The number of nitro groups is 2. The zero-order chi connectivity index (χ0) is 27.6. The lowest BCUT2D eigenvalue weighted by molar-refractivity contribution is -0.551. The summed E-state index contributed by atoms with van der Waals surface area (Å²) in [6.07, 6.45) is -4.15. The van der Waals surface area contributed by atoms with Crippen molar-refractivity contribution in [3.63, 3.8) is 0 Å². The first kappa shape index (κ1) is 38.0. The number of aliphatic hydroxyl groups excluding tert-OH is 5. The summed E-state index contributed by atoms with van der Waals surface area (Å²) in [5.41, 5.74) is 0. The number of ether oxygens (including phenoxy) is 3. The third-order valence-electron chi connectivity index (χ3n) is 4.09. The summed E-state index contributed by atoms with van der Waals surface area (Å²) in [5, 5.41) is 63.5. The Kier molecular flexibility index (Phi) is 21.8. The van der Waals surface area contributed by atoms with Gasteiger partial charge in [-0.2, -0.15) is 0 Å². The molecule has 36 heavy (non-hydrogen) atoms. The van der Waals surface area contributed by atoms with Gasteiger partial charge in [0.25, 0.3) is 0 Å². The smallest absolute Gasteiger partial charge is 0.246 e. The van der Waals surface area contributed by atoms with Gasteiger partial charge in [0.2, 0.25) is 12.6 Å². The minimum atomic E-state index is -1.60. The molecule has 212 valence electrons. The van der Waals surface area contributed by atoms with Gasteiger partial charge in [-0.1, -0.05) is 7.43 Å². The van der Waals surface area contributed by atoms with Gasteiger partial charge in [-0.3, -0.25) is 29.8 Å². The van der Waals surface area contributed by atoms with Crippen LogP contribution in [0.1, 0.15) is 34.1 Å². The van der Waals surface area contributed by atoms with Crippen molar-refractivity contribution in [2.45, 2.75) is 76.7 Å². The number of rotatable bonds is 8.